The minimum atomic E-state index is 0.454. The van der Waals surface area contributed by atoms with E-state index in [1.165, 1.54) is 0 Å². The molecule has 0 radical (unpaired) electrons. The Kier molecular flexibility index (Phi) is 3.16. The Morgan fingerprint density at radius 2 is 2.32 bits per heavy atom. The lowest BCUT2D eigenvalue weighted by Crippen LogP contribution is -2.07. The molecule has 0 aromatic carbocycles. The topological polar surface area (TPSA) is 63.8 Å². The molecule has 19 heavy (non-hydrogen) atoms. The number of anilines is 1. The molecule has 3 aromatic heterocycles. The average Bonchev–Trinajstić information content (AvgIpc) is 3.04. The molecule has 0 amide bonds. The maximum Gasteiger partial charge on any atom is 0.321 e. The monoisotopic (exact) mass is 274 g/mol. The number of thiophene rings is 1. The van der Waals surface area contributed by atoms with Crippen LogP contribution >= 0.6 is 11.3 Å². The van der Waals surface area contributed by atoms with Gasteiger partial charge in [0.15, 0.2) is 0 Å². The Labute approximate surface area is 114 Å². The van der Waals surface area contributed by atoms with Gasteiger partial charge in [-0.1, -0.05) is 19.0 Å². The van der Waals surface area contributed by atoms with Gasteiger partial charge < -0.3 is 9.84 Å². The molecule has 0 aliphatic rings. The second-order valence-electron chi connectivity index (χ2n) is 4.73. The average molecular weight is 274 g/mol. The zero-order valence-electron chi connectivity index (χ0n) is 10.8. The van der Waals surface area contributed by atoms with Crippen LogP contribution in [-0.4, -0.2) is 21.7 Å². The highest BCUT2D eigenvalue weighted by atomic mass is 32.1. The molecule has 98 valence electrons. The maximum atomic E-state index is 5.17. The van der Waals surface area contributed by atoms with Gasteiger partial charge >= 0.3 is 6.01 Å². The smallest absolute Gasteiger partial charge is 0.321 e. The molecule has 0 atom stereocenters. The number of nitrogens with one attached hydrogen (secondary N) is 1. The SMILES string of the molecule is CC(C)CNc1nc(-c2cnc3ccsc3c2)no1. The van der Waals surface area contributed by atoms with Crippen molar-refractivity contribution in [1.29, 1.82) is 0 Å². The summed E-state index contributed by atoms with van der Waals surface area (Å²) >= 11 is 1.65. The van der Waals surface area contributed by atoms with Gasteiger partial charge in [-0.25, -0.2) is 0 Å². The first-order chi connectivity index (χ1) is 9.22. The Balaban J connectivity index is 1.85. The molecule has 0 bridgehead atoms. The van der Waals surface area contributed by atoms with E-state index in [4.69, 9.17) is 4.52 Å². The number of fused-ring (bicyclic) bond motifs is 1. The molecule has 3 aromatic rings. The first-order valence-corrected chi connectivity index (χ1v) is 7.01. The van der Waals surface area contributed by atoms with Crippen LogP contribution in [0, 0.1) is 5.92 Å². The fraction of sp³-hybridized carbons (Fsp3) is 0.308. The number of hydrogen-bond donors (Lipinski definition) is 1. The summed E-state index contributed by atoms with van der Waals surface area (Å²) in [6.45, 7) is 5.06. The number of hydrogen-bond acceptors (Lipinski definition) is 6. The fourth-order valence-electron chi connectivity index (χ4n) is 1.67. The summed E-state index contributed by atoms with van der Waals surface area (Å²) in [5, 5.41) is 9.10. The molecule has 0 fully saturated rings. The molecule has 3 heterocycles. The van der Waals surface area contributed by atoms with Gasteiger partial charge in [0, 0.05) is 18.3 Å². The normalized spacial score (nSPS) is 11.3. The lowest BCUT2D eigenvalue weighted by molar-refractivity contribution is 0.429. The van der Waals surface area contributed by atoms with Crippen LogP contribution in [0.15, 0.2) is 28.2 Å². The predicted octanol–water partition coefficient (Wildman–Crippen LogP) is 3.41. The van der Waals surface area contributed by atoms with E-state index in [0.717, 1.165) is 22.3 Å². The van der Waals surface area contributed by atoms with Gasteiger partial charge in [-0.2, -0.15) is 4.98 Å². The second-order valence-corrected chi connectivity index (χ2v) is 5.67. The van der Waals surface area contributed by atoms with E-state index in [2.05, 4.69) is 34.3 Å². The summed E-state index contributed by atoms with van der Waals surface area (Å²) < 4.78 is 6.29. The van der Waals surface area contributed by atoms with E-state index in [1.807, 2.05) is 17.5 Å². The van der Waals surface area contributed by atoms with Gasteiger partial charge in [0.05, 0.1) is 10.2 Å². The van der Waals surface area contributed by atoms with Crippen LogP contribution in [0.5, 0.6) is 0 Å². The summed E-state index contributed by atoms with van der Waals surface area (Å²) in [5.41, 5.74) is 1.87. The third kappa shape index (κ3) is 2.58. The number of aromatic nitrogens is 3. The molecule has 3 rings (SSSR count). The minimum Gasteiger partial charge on any atom is -0.337 e. The Hall–Kier alpha value is -1.95. The minimum absolute atomic E-state index is 0.454. The van der Waals surface area contributed by atoms with Crippen molar-refractivity contribution >= 4 is 27.6 Å². The first kappa shape index (κ1) is 12.1. The van der Waals surface area contributed by atoms with Gasteiger partial charge in [0.25, 0.3) is 0 Å². The van der Waals surface area contributed by atoms with Crippen LogP contribution in [0.3, 0.4) is 0 Å². The maximum absolute atomic E-state index is 5.17. The van der Waals surface area contributed by atoms with Crippen molar-refractivity contribution in [3.63, 3.8) is 0 Å². The van der Waals surface area contributed by atoms with Crippen LogP contribution in [0.1, 0.15) is 13.8 Å². The van der Waals surface area contributed by atoms with Gasteiger partial charge in [0.1, 0.15) is 0 Å². The first-order valence-electron chi connectivity index (χ1n) is 6.13. The molecule has 0 saturated carbocycles. The molecule has 1 N–H and O–H groups in total. The third-order valence-electron chi connectivity index (χ3n) is 2.65. The Morgan fingerprint density at radius 3 is 3.16 bits per heavy atom. The van der Waals surface area contributed by atoms with E-state index >= 15 is 0 Å². The quantitative estimate of drug-likeness (QED) is 0.789. The summed E-state index contributed by atoms with van der Waals surface area (Å²) in [7, 11) is 0. The molecule has 5 nitrogen and oxygen atoms in total. The van der Waals surface area contributed by atoms with Crippen LogP contribution in [-0.2, 0) is 0 Å². The van der Waals surface area contributed by atoms with E-state index in [0.29, 0.717) is 17.8 Å². The Bertz CT molecular complexity index is 689. The van der Waals surface area contributed by atoms with Crippen molar-refractivity contribution in [3.8, 4) is 11.4 Å². The van der Waals surface area contributed by atoms with Crippen molar-refractivity contribution in [2.75, 3.05) is 11.9 Å². The largest absolute Gasteiger partial charge is 0.337 e. The molecule has 0 aliphatic heterocycles. The van der Waals surface area contributed by atoms with E-state index < -0.39 is 0 Å². The van der Waals surface area contributed by atoms with Crippen molar-refractivity contribution < 1.29 is 4.52 Å². The third-order valence-corrected chi connectivity index (χ3v) is 3.50. The van der Waals surface area contributed by atoms with E-state index in [1.54, 1.807) is 17.5 Å². The highest BCUT2D eigenvalue weighted by Gasteiger charge is 2.10. The van der Waals surface area contributed by atoms with Crippen LogP contribution in [0.25, 0.3) is 21.6 Å². The van der Waals surface area contributed by atoms with E-state index in [-0.39, 0.29) is 0 Å². The standard InChI is InChI=1S/C13H14N4OS/c1-8(2)6-15-13-16-12(17-18-13)9-5-11-10(14-7-9)3-4-19-11/h3-5,7-8H,6H2,1-2H3,(H,15,16,17). The molecule has 0 spiro atoms. The van der Waals surface area contributed by atoms with Crippen molar-refractivity contribution in [2.24, 2.45) is 5.92 Å². The van der Waals surface area contributed by atoms with E-state index in [9.17, 15) is 0 Å². The fourth-order valence-corrected chi connectivity index (χ4v) is 2.45. The van der Waals surface area contributed by atoms with Crippen LogP contribution in [0.2, 0.25) is 0 Å². The molecule has 0 saturated heterocycles. The van der Waals surface area contributed by atoms with Crippen molar-refractivity contribution in [3.05, 3.63) is 23.7 Å². The van der Waals surface area contributed by atoms with Gasteiger partial charge in [-0.3, -0.25) is 4.98 Å². The van der Waals surface area contributed by atoms with Gasteiger partial charge in [-0.15, -0.1) is 11.3 Å². The van der Waals surface area contributed by atoms with Crippen molar-refractivity contribution in [1.82, 2.24) is 15.1 Å². The molecule has 6 heteroatoms. The van der Waals surface area contributed by atoms with Crippen LogP contribution in [0.4, 0.5) is 6.01 Å². The predicted molar refractivity (Wildman–Crippen MR) is 76.2 cm³/mol. The molecule has 0 aliphatic carbocycles. The number of nitrogens with zero attached hydrogens (tertiary/aromatic N) is 3. The summed E-state index contributed by atoms with van der Waals surface area (Å²) in [4.78, 5) is 8.69. The lowest BCUT2D eigenvalue weighted by Gasteiger charge is -2.02. The molecular weight excluding hydrogens is 260 g/mol. The molecule has 0 unspecified atom stereocenters. The molecular formula is C13H14N4OS. The van der Waals surface area contributed by atoms with Crippen LogP contribution < -0.4 is 5.32 Å². The van der Waals surface area contributed by atoms with Crippen molar-refractivity contribution in [2.45, 2.75) is 13.8 Å². The summed E-state index contributed by atoms with van der Waals surface area (Å²) in [5.74, 6) is 1.09. The highest BCUT2D eigenvalue weighted by molar-refractivity contribution is 7.17. The zero-order valence-corrected chi connectivity index (χ0v) is 11.6. The Morgan fingerprint density at radius 1 is 1.42 bits per heavy atom. The summed E-state index contributed by atoms with van der Waals surface area (Å²) in [6, 6.07) is 4.48. The number of rotatable bonds is 4. The number of pyridine rings is 1. The van der Waals surface area contributed by atoms with Gasteiger partial charge in [0.2, 0.25) is 5.82 Å². The highest BCUT2D eigenvalue weighted by Crippen LogP contribution is 2.24. The zero-order chi connectivity index (χ0) is 13.2. The lowest BCUT2D eigenvalue weighted by atomic mass is 10.2. The summed E-state index contributed by atoms with van der Waals surface area (Å²) in [6.07, 6.45) is 1.77. The second kappa shape index (κ2) is 4.97. The van der Waals surface area contributed by atoms with Gasteiger partial charge in [-0.05, 0) is 23.4 Å².